The molecular weight excluding hydrogens is 562 g/mol. The summed E-state index contributed by atoms with van der Waals surface area (Å²) < 4.78 is 51.8. The lowest BCUT2D eigenvalue weighted by Gasteiger charge is -2.42. The summed E-state index contributed by atoms with van der Waals surface area (Å²) in [5.41, 5.74) is 7.09. The Hall–Kier alpha value is -3.23. The van der Waals surface area contributed by atoms with Crippen LogP contribution in [0.25, 0.3) is 0 Å². The van der Waals surface area contributed by atoms with E-state index >= 15 is 0 Å². The van der Waals surface area contributed by atoms with E-state index in [2.05, 4.69) is 30.9 Å². The van der Waals surface area contributed by atoms with Gasteiger partial charge in [-0.15, -0.1) is 0 Å². The molecule has 0 aromatic heterocycles. The average Bonchev–Trinajstić information content (AvgIpc) is 2.98. The number of rotatable bonds is 9. The van der Waals surface area contributed by atoms with Crippen molar-refractivity contribution < 1.29 is 26.8 Å². The van der Waals surface area contributed by atoms with E-state index in [9.17, 15) is 8.42 Å². The first-order valence-electron chi connectivity index (χ1n) is 15.2. The molecule has 0 saturated carbocycles. The summed E-state index contributed by atoms with van der Waals surface area (Å²) in [6.45, 7) is 13.8. The number of nitrogens with zero attached hydrogens (tertiary/aromatic N) is 1. The van der Waals surface area contributed by atoms with Crippen LogP contribution in [0.3, 0.4) is 0 Å². The number of hydrogen-bond acceptors (Lipinski definition) is 7. The molecule has 0 spiro atoms. The SMILES string of the molecule is COc1cc2c(cc1OC)C1Cc3ccc(OC)c(OS(=O)(=O)c4c(C(C)C)cc(C(C)C)cc4C(C)C)c3CN1CC2. The Kier molecular flexibility index (Phi) is 8.74. The summed E-state index contributed by atoms with van der Waals surface area (Å²) in [5.74, 6) is 2.43. The van der Waals surface area contributed by atoms with E-state index in [1.54, 1.807) is 21.3 Å². The van der Waals surface area contributed by atoms with Crippen LogP contribution in [0.1, 0.15) is 104 Å². The molecule has 2 aliphatic heterocycles. The summed E-state index contributed by atoms with van der Waals surface area (Å²) in [5, 5.41) is 0. The largest absolute Gasteiger partial charge is 0.493 e. The first kappa shape index (κ1) is 31.2. The van der Waals surface area contributed by atoms with Gasteiger partial charge in [-0.1, -0.05) is 59.7 Å². The number of ether oxygens (including phenoxy) is 3. The fourth-order valence-corrected chi connectivity index (χ4v) is 8.17. The number of methoxy groups -OCH3 is 3. The zero-order chi connectivity index (χ0) is 31.2. The van der Waals surface area contributed by atoms with Crippen LogP contribution >= 0.6 is 0 Å². The maximum Gasteiger partial charge on any atom is 0.339 e. The highest BCUT2D eigenvalue weighted by Gasteiger charge is 2.37. The summed E-state index contributed by atoms with van der Waals surface area (Å²) in [6.07, 6.45) is 1.58. The first-order chi connectivity index (χ1) is 20.4. The van der Waals surface area contributed by atoms with E-state index in [0.29, 0.717) is 18.0 Å². The average molecular weight is 608 g/mol. The third-order valence-electron chi connectivity index (χ3n) is 8.95. The van der Waals surface area contributed by atoms with Crippen LogP contribution in [0.2, 0.25) is 0 Å². The first-order valence-corrected chi connectivity index (χ1v) is 16.6. The van der Waals surface area contributed by atoms with Gasteiger partial charge in [0, 0.05) is 24.7 Å². The van der Waals surface area contributed by atoms with Crippen molar-refractivity contribution in [2.45, 2.75) is 89.6 Å². The molecule has 3 aromatic carbocycles. The summed E-state index contributed by atoms with van der Waals surface area (Å²) >= 11 is 0. The van der Waals surface area contributed by atoms with Crippen LogP contribution in [-0.4, -0.2) is 41.2 Å². The van der Waals surface area contributed by atoms with E-state index in [0.717, 1.165) is 53.0 Å². The Morgan fingerprint density at radius 1 is 0.767 bits per heavy atom. The van der Waals surface area contributed by atoms with Gasteiger partial charge in [0.1, 0.15) is 4.90 Å². The molecule has 0 amide bonds. The zero-order valence-corrected chi connectivity index (χ0v) is 27.7. The van der Waals surface area contributed by atoms with Gasteiger partial charge in [-0.05, 0) is 82.2 Å². The second kappa shape index (κ2) is 12.0. The highest BCUT2D eigenvalue weighted by molar-refractivity contribution is 7.87. The minimum atomic E-state index is -4.20. The number of fused-ring (bicyclic) bond motifs is 4. The summed E-state index contributed by atoms with van der Waals surface area (Å²) in [4.78, 5) is 2.68. The Labute approximate surface area is 257 Å². The van der Waals surface area contributed by atoms with Gasteiger partial charge < -0.3 is 18.4 Å². The molecule has 2 heterocycles. The second-order valence-corrected chi connectivity index (χ2v) is 14.1. The van der Waals surface area contributed by atoms with E-state index in [4.69, 9.17) is 18.4 Å². The lowest BCUT2D eigenvalue weighted by molar-refractivity contribution is 0.158. The van der Waals surface area contributed by atoms with Crippen molar-refractivity contribution in [2.75, 3.05) is 27.9 Å². The van der Waals surface area contributed by atoms with Gasteiger partial charge in [0.2, 0.25) is 0 Å². The van der Waals surface area contributed by atoms with Gasteiger partial charge >= 0.3 is 10.1 Å². The lowest BCUT2D eigenvalue weighted by atomic mass is 9.83. The van der Waals surface area contributed by atoms with Gasteiger partial charge in [-0.2, -0.15) is 8.42 Å². The smallest absolute Gasteiger partial charge is 0.339 e. The Bertz CT molecular complexity index is 1600. The quantitative estimate of drug-likeness (QED) is 0.233. The maximum atomic E-state index is 14.3. The minimum Gasteiger partial charge on any atom is -0.493 e. The molecule has 0 bridgehead atoms. The van der Waals surface area contributed by atoms with Gasteiger partial charge in [-0.25, -0.2) is 0 Å². The van der Waals surface area contributed by atoms with Crippen LogP contribution in [0.4, 0.5) is 0 Å². The van der Waals surface area contributed by atoms with Crippen LogP contribution in [-0.2, 0) is 29.5 Å². The zero-order valence-electron chi connectivity index (χ0n) is 26.9. The molecule has 0 fully saturated rings. The topological polar surface area (TPSA) is 74.3 Å². The van der Waals surface area contributed by atoms with E-state index < -0.39 is 10.1 Å². The molecule has 5 rings (SSSR count). The van der Waals surface area contributed by atoms with Crippen LogP contribution in [0, 0.1) is 0 Å². The van der Waals surface area contributed by atoms with Crippen molar-refractivity contribution in [3.8, 4) is 23.0 Å². The van der Waals surface area contributed by atoms with Crippen LogP contribution in [0.15, 0.2) is 41.3 Å². The van der Waals surface area contributed by atoms with Crippen molar-refractivity contribution in [1.82, 2.24) is 4.90 Å². The van der Waals surface area contributed by atoms with Gasteiger partial charge in [0.05, 0.1) is 21.3 Å². The monoisotopic (exact) mass is 607 g/mol. The third-order valence-corrected chi connectivity index (χ3v) is 10.3. The normalized spacial score (nSPS) is 16.6. The molecule has 1 unspecified atom stereocenters. The van der Waals surface area contributed by atoms with Crippen molar-refractivity contribution in [2.24, 2.45) is 0 Å². The minimum absolute atomic E-state index is 0.000880. The van der Waals surface area contributed by atoms with Crippen LogP contribution in [0.5, 0.6) is 23.0 Å². The van der Waals surface area contributed by atoms with E-state index in [1.165, 1.54) is 11.1 Å². The van der Waals surface area contributed by atoms with Gasteiger partial charge in [0.15, 0.2) is 23.0 Å². The van der Waals surface area contributed by atoms with Crippen molar-refractivity contribution >= 4 is 10.1 Å². The van der Waals surface area contributed by atoms with Crippen molar-refractivity contribution in [3.63, 3.8) is 0 Å². The summed E-state index contributed by atoms with van der Waals surface area (Å²) in [7, 11) is 0.674. The second-order valence-electron chi connectivity index (χ2n) is 12.6. The third kappa shape index (κ3) is 5.72. The number of benzene rings is 3. The van der Waals surface area contributed by atoms with Crippen LogP contribution < -0.4 is 18.4 Å². The molecule has 232 valence electrons. The standard InChI is InChI=1S/C35H45NO6S/c1-20(2)25-14-26(21(3)4)35(27(15-25)22(5)6)43(37,38)42-34-29-19-36-13-12-24-17-32(40-8)33(41-9)18-28(24)30(36)16-23(29)10-11-31(34)39-7/h10-11,14-15,17-18,20-22,30H,12-13,16,19H2,1-9H3. The molecular formula is C35H45NO6S. The van der Waals surface area contributed by atoms with Crippen molar-refractivity contribution in [1.29, 1.82) is 0 Å². The fourth-order valence-electron chi connectivity index (χ4n) is 6.51. The molecule has 8 heteroatoms. The molecule has 0 aliphatic carbocycles. The molecule has 7 nitrogen and oxygen atoms in total. The van der Waals surface area contributed by atoms with E-state index in [1.807, 2.05) is 52.0 Å². The highest BCUT2D eigenvalue weighted by atomic mass is 32.2. The van der Waals surface area contributed by atoms with Crippen molar-refractivity contribution in [3.05, 3.63) is 75.3 Å². The molecule has 0 N–H and O–H groups in total. The molecule has 0 saturated heterocycles. The predicted octanol–water partition coefficient (Wildman–Crippen LogP) is 7.51. The lowest BCUT2D eigenvalue weighted by Crippen LogP contribution is -2.39. The molecule has 2 aliphatic rings. The Morgan fingerprint density at radius 2 is 1.37 bits per heavy atom. The molecule has 43 heavy (non-hydrogen) atoms. The summed E-state index contributed by atoms with van der Waals surface area (Å²) in [6, 6.07) is 12.2. The fraction of sp³-hybridized carbons (Fsp3) is 0.486. The molecule has 1 atom stereocenters. The Balaban J connectivity index is 1.60. The maximum absolute atomic E-state index is 14.3. The predicted molar refractivity (Wildman–Crippen MR) is 170 cm³/mol. The van der Waals surface area contributed by atoms with E-state index in [-0.39, 0.29) is 34.4 Å². The van der Waals surface area contributed by atoms with Gasteiger partial charge in [0.25, 0.3) is 0 Å². The molecule has 3 aromatic rings. The Morgan fingerprint density at radius 3 is 1.93 bits per heavy atom. The molecule has 0 radical (unpaired) electrons. The number of hydrogen-bond donors (Lipinski definition) is 0. The highest BCUT2D eigenvalue weighted by Crippen LogP contribution is 2.47. The van der Waals surface area contributed by atoms with Gasteiger partial charge in [-0.3, -0.25) is 4.90 Å².